The topological polar surface area (TPSA) is 17.8 Å². The first-order chi connectivity index (χ1) is 10.0. The smallest absolute Gasteiger partial charge is 0.165 e. The molecule has 3 rings (SSSR count). The Balaban J connectivity index is 2.40. The van der Waals surface area contributed by atoms with Gasteiger partial charge in [0.05, 0.1) is 31.2 Å². The highest BCUT2D eigenvalue weighted by atomic mass is 127. The second-order valence-corrected chi connectivity index (χ2v) is 6.16. The van der Waals surface area contributed by atoms with Crippen LogP contribution in [-0.2, 0) is 5.88 Å². The second-order valence-electron chi connectivity index (χ2n) is 4.33. The Labute approximate surface area is 142 Å². The van der Waals surface area contributed by atoms with Gasteiger partial charge >= 0.3 is 0 Å². The van der Waals surface area contributed by atoms with Crippen molar-refractivity contribution in [2.45, 2.75) is 5.88 Å². The van der Waals surface area contributed by atoms with Crippen LogP contribution in [0.4, 0.5) is 8.78 Å². The summed E-state index contributed by atoms with van der Waals surface area (Å²) in [6.45, 7) is 0. The molecule has 1 heterocycles. The van der Waals surface area contributed by atoms with E-state index in [1.165, 1.54) is 16.7 Å². The molecule has 21 heavy (non-hydrogen) atoms. The van der Waals surface area contributed by atoms with Crippen molar-refractivity contribution in [2.75, 3.05) is 0 Å². The van der Waals surface area contributed by atoms with Crippen LogP contribution in [0.2, 0.25) is 5.02 Å². The molecule has 0 fully saturated rings. The number of nitrogens with zero attached hydrogens (tertiary/aromatic N) is 2. The average Bonchev–Trinajstić information content (AvgIpc) is 2.80. The molecule has 0 aliphatic heterocycles. The Morgan fingerprint density at radius 3 is 2.71 bits per heavy atom. The Bertz CT molecular complexity index is 849. The Kier molecular flexibility index (Phi) is 4.07. The van der Waals surface area contributed by atoms with Gasteiger partial charge in [0, 0.05) is 6.07 Å². The zero-order valence-corrected chi connectivity index (χ0v) is 14.0. The van der Waals surface area contributed by atoms with E-state index in [4.69, 9.17) is 23.2 Å². The number of hydrogen-bond acceptors (Lipinski definition) is 1. The summed E-state index contributed by atoms with van der Waals surface area (Å²) >= 11 is 13.6. The maximum Gasteiger partial charge on any atom is 0.165 e. The number of alkyl halides is 1. The van der Waals surface area contributed by atoms with E-state index >= 15 is 0 Å². The lowest BCUT2D eigenvalue weighted by Crippen LogP contribution is -2.02. The molecule has 0 aliphatic carbocycles. The van der Waals surface area contributed by atoms with Gasteiger partial charge in [-0.2, -0.15) is 0 Å². The Morgan fingerprint density at radius 2 is 2.00 bits per heavy atom. The first-order valence-electron chi connectivity index (χ1n) is 5.89. The zero-order valence-electron chi connectivity index (χ0n) is 10.4. The van der Waals surface area contributed by atoms with Gasteiger partial charge in [0.1, 0.15) is 11.6 Å². The average molecular weight is 439 g/mol. The lowest BCUT2D eigenvalue weighted by atomic mass is 10.2. The van der Waals surface area contributed by atoms with Crippen molar-refractivity contribution in [1.29, 1.82) is 0 Å². The summed E-state index contributed by atoms with van der Waals surface area (Å²) in [5, 5.41) is -0.0131. The largest absolute Gasteiger partial charge is 0.292 e. The molecule has 0 N–H and O–H groups in total. The molecule has 0 atom stereocenters. The lowest BCUT2D eigenvalue weighted by molar-refractivity contribution is 0.615. The highest BCUT2D eigenvalue weighted by Gasteiger charge is 2.17. The molecule has 0 radical (unpaired) electrons. The second kappa shape index (κ2) is 5.70. The van der Waals surface area contributed by atoms with E-state index in [-0.39, 0.29) is 16.6 Å². The fourth-order valence-electron chi connectivity index (χ4n) is 2.15. The van der Waals surface area contributed by atoms with E-state index in [0.717, 1.165) is 0 Å². The fourth-order valence-corrected chi connectivity index (χ4v) is 2.95. The number of benzene rings is 2. The van der Waals surface area contributed by atoms with E-state index in [2.05, 4.69) is 4.98 Å². The zero-order chi connectivity index (χ0) is 15.1. The van der Waals surface area contributed by atoms with E-state index < -0.39 is 11.6 Å². The Morgan fingerprint density at radius 1 is 1.24 bits per heavy atom. The summed E-state index contributed by atoms with van der Waals surface area (Å²) in [5.41, 5.74) is 1.20. The summed E-state index contributed by atoms with van der Waals surface area (Å²) in [5.74, 6) is -0.496. The van der Waals surface area contributed by atoms with Gasteiger partial charge in [0.25, 0.3) is 0 Å². The SMILES string of the molecule is Fc1cc2c(cc1I)nc(CCl)n2-c1cccc(Cl)c1F. The third-order valence-corrected chi connectivity index (χ3v) is 4.42. The van der Waals surface area contributed by atoms with Crippen molar-refractivity contribution in [3.8, 4) is 5.69 Å². The molecule has 108 valence electrons. The van der Waals surface area contributed by atoms with Crippen LogP contribution in [0.5, 0.6) is 0 Å². The summed E-state index contributed by atoms with van der Waals surface area (Å²) in [6.07, 6.45) is 0. The van der Waals surface area contributed by atoms with Gasteiger partial charge in [-0.3, -0.25) is 4.57 Å². The molecule has 2 aromatic carbocycles. The van der Waals surface area contributed by atoms with Crippen LogP contribution in [0, 0.1) is 15.2 Å². The predicted octanol–water partition coefficient (Wildman–Crippen LogP) is 5.30. The monoisotopic (exact) mass is 438 g/mol. The summed E-state index contributed by atoms with van der Waals surface area (Å²) in [7, 11) is 0. The predicted molar refractivity (Wildman–Crippen MR) is 88.3 cm³/mol. The summed E-state index contributed by atoms with van der Waals surface area (Å²) in [6, 6.07) is 7.53. The molecule has 0 spiro atoms. The molecule has 7 heteroatoms. The van der Waals surface area contributed by atoms with Gasteiger partial charge in [-0.15, -0.1) is 11.6 Å². The first kappa shape index (κ1) is 15.0. The van der Waals surface area contributed by atoms with Crippen LogP contribution < -0.4 is 0 Å². The minimum atomic E-state index is -0.594. The minimum Gasteiger partial charge on any atom is -0.292 e. The minimum absolute atomic E-state index is 0.0131. The van der Waals surface area contributed by atoms with Gasteiger partial charge in [0.15, 0.2) is 5.82 Å². The van der Waals surface area contributed by atoms with Crippen LogP contribution in [0.15, 0.2) is 30.3 Å². The molecule has 1 aromatic heterocycles. The number of halogens is 5. The van der Waals surface area contributed by atoms with Gasteiger partial charge in [0.2, 0.25) is 0 Å². The van der Waals surface area contributed by atoms with Crippen molar-refractivity contribution in [3.63, 3.8) is 0 Å². The van der Waals surface area contributed by atoms with E-state index in [9.17, 15) is 8.78 Å². The van der Waals surface area contributed by atoms with Crippen molar-refractivity contribution in [3.05, 3.63) is 56.4 Å². The van der Waals surface area contributed by atoms with Crippen LogP contribution in [0.3, 0.4) is 0 Å². The maximum atomic E-state index is 14.3. The van der Waals surface area contributed by atoms with Crippen LogP contribution in [0.25, 0.3) is 16.7 Å². The quantitative estimate of drug-likeness (QED) is 0.392. The van der Waals surface area contributed by atoms with Crippen molar-refractivity contribution in [2.24, 2.45) is 0 Å². The van der Waals surface area contributed by atoms with Crippen molar-refractivity contribution in [1.82, 2.24) is 9.55 Å². The summed E-state index contributed by atoms with van der Waals surface area (Å²) < 4.78 is 30.0. The molecule has 2 nitrogen and oxygen atoms in total. The van der Waals surface area contributed by atoms with Crippen molar-refractivity contribution < 1.29 is 8.78 Å². The fraction of sp³-hybridized carbons (Fsp3) is 0.0714. The molecular formula is C14H7Cl2F2IN2. The lowest BCUT2D eigenvalue weighted by Gasteiger charge is -2.10. The number of fused-ring (bicyclic) bond motifs is 1. The Hall–Kier alpha value is -0.920. The van der Waals surface area contributed by atoms with Crippen LogP contribution >= 0.6 is 45.8 Å². The molecule has 0 unspecified atom stereocenters. The number of rotatable bonds is 2. The molecule has 0 bridgehead atoms. The number of aromatic nitrogens is 2. The van der Waals surface area contributed by atoms with Gasteiger partial charge in [-0.1, -0.05) is 17.7 Å². The molecule has 0 amide bonds. The third-order valence-electron chi connectivity index (χ3n) is 3.06. The molecule has 0 aliphatic rings. The van der Waals surface area contributed by atoms with Gasteiger partial charge in [-0.25, -0.2) is 13.8 Å². The number of imidazole rings is 1. The van der Waals surface area contributed by atoms with Crippen LogP contribution in [-0.4, -0.2) is 9.55 Å². The third kappa shape index (κ3) is 2.51. The molecular weight excluding hydrogens is 432 g/mol. The van der Waals surface area contributed by atoms with E-state index in [1.807, 2.05) is 22.6 Å². The van der Waals surface area contributed by atoms with Crippen LogP contribution in [0.1, 0.15) is 5.82 Å². The molecule has 3 aromatic rings. The highest BCUT2D eigenvalue weighted by Crippen LogP contribution is 2.29. The normalized spacial score (nSPS) is 11.3. The van der Waals surface area contributed by atoms with Gasteiger partial charge < -0.3 is 0 Å². The standard InChI is InChI=1S/C14H7Cl2F2IN2/c15-6-13-20-10-5-9(19)8(17)4-12(10)21(13)11-3-1-2-7(16)14(11)18/h1-5H,6H2. The number of hydrogen-bond donors (Lipinski definition) is 0. The first-order valence-corrected chi connectivity index (χ1v) is 7.88. The van der Waals surface area contributed by atoms with E-state index in [1.54, 1.807) is 18.2 Å². The molecule has 0 saturated carbocycles. The maximum absolute atomic E-state index is 14.3. The van der Waals surface area contributed by atoms with Crippen molar-refractivity contribution >= 4 is 56.8 Å². The highest BCUT2D eigenvalue weighted by molar-refractivity contribution is 14.1. The van der Waals surface area contributed by atoms with E-state index in [0.29, 0.717) is 20.4 Å². The summed E-state index contributed by atoms with van der Waals surface area (Å²) in [4.78, 5) is 4.33. The molecule has 0 saturated heterocycles. The van der Waals surface area contributed by atoms with Gasteiger partial charge in [-0.05, 0) is 40.8 Å².